The molecule has 0 aliphatic rings. The Hall–Kier alpha value is -3.67. The van der Waals surface area contributed by atoms with Crippen LogP contribution in [-0.2, 0) is 6.54 Å². The van der Waals surface area contributed by atoms with Crippen LogP contribution in [0.15, 0.2) is 72.0 Å². The molecule has 0 aliphatic heterocycles. The first-order valence-electron chi connectivity index (χ1n) is 8.99. The summed E-state index contributed by atoms with van der Waals surface area (Å²) in [6.45, 7) is 3.83. The fourth-order valence-electron chi connectivity index (χ4n) is 3.20. The third-order valence-electron chi connectivity index (χ3n) is 4.64. The quantitative estimate of drug-likeness (QED) is 0.637. The number of hydrogen-bond donors (Lipinski definition) is 1. The SMILES string of the molecule is C=CCn1c(-c2ccc(N(C)C)cc2)c(-c2ccc(F)cc2)cc(C(=O)O)c1=O. The fourth-order valence-corrected chi connectivity index (χ4v) is 3.20. The topological polar surface area (TPSA) is 62.5 Å². The molecule has 0 saturated carbocycles. The van der Waals surface area contributed by atoms with Crippen LogP contribution in [0.3, 0.4) is 0 Å². The van der Waals surface area contributed by atoms with E-state index < -0.39 is 17.3 Å². The molecular formula is C23H21FN2O3. The van der Waals surface area contributed by atoms with Crippen molar-refractivity contribution in [1.82, 2.24) is 4.57 Å². The summed E-state index contributed by atoms with van der Waals surface area (Å²) in [5.74, 6) is -1.71. The second kappa shape index (κ2) is 8.14. The number of aromatic nitrogens is 1. The maximum absolute atomic E-state index is 13.5. The normalized spacial score (nSPS) is 10.6. The average Bonchev–Trinajstić information content (AvgIpc) is 2.70. The Labute approximate surface area is 168 Å². The number of halogens is 1. The van der Waals surface area contributed by atoms with Gasteiger partial charge in [-0.05, 0) is 41.5 Å². The molecule has 1 aromatic heterocycles. The number of rotatable bonds is 6. The molecule has 0 saturated heterocycles. The first kappa shape index (κ1) is 20.1. The smallest absolute Gasteiger partial charge is 0.341 e. The zero-order chi connectivity index (χ0) is 21.1. The summed E-state index contributed by atoms with van der Waals surface area (Å²) in [6, 6.07) is 14.7. The third-order valence-corrected chi connectivity index (χ3v) is 4.64. The Morgan fingerprint density at radius 3 is 2.21 bits per heavy atom. The van der Waals surface area contributed by atoms with E-state index in [2.05, 4.69) is 6.58 Å². The Balaban J connectivity index is 2.37. The lowest BCUT2D eigenvalue weighted by Gasteiger charge is -2.19. The predicted octanol–water partition coefficient (Wildman–Crippen LogP) is 4.27. The Morgan fingerprint density at radius 2 is 1.69 bits per heavy atom. The average molecular weight is 392 g/mol. The second-order valence-electron chi connectivity index (χ2n) is 6.78. The minimum absolute atomic E-state index is 0.138. The molecule has 148 valence electrons. The van der Waals surface area contributed by atoms with Crippen molar-refractivity contribution in [3.05, 3.63) is 89.0 Å². The number of allylic oxidation sites excluding steroid dienone is 1. The van der Waals surface area contributed by atoms with Crippen LogP contribution in [0, 0.1) is 5.82 Å². The molecule has 0 amide bonds. The summed E-state index contributed by atoms with van der Waals surface area (Å²) in [7, 11) is 3.85. The molecule has 0 radical (unpaired) electrons. The van der Waals surface area contributed by atoms with Gasteiger partial charge in [0.15, 0.2) is 0 Å². The molecule has 5 nitrogen and oxygen atoms in total. The van der Waals surface area contributed by atoms with Crippen LogP contribution in [0.1, 0.15) is 10.4 Å². The molecule has 0 spiro atoms. The summed E-state index contributed by atoms with van der Waals surface area (Å²) in [4.78, 5) is 26.5. The van der Waals surface area contributed by atoms with Crippen molar-refractivity contribution < 1.29 is 14.3 Å². The largest absolute Gasteiger partial charge is 0.477 e. The fraction of sp³-hybridized carbons (Fsp3) is 0.130. The third kappa shape index (κ3) is 3.96. The zero-order valence-corrected chi connectivity index (χ0v) is 16.2. The molecule has 1 heterocycles. The van der Waals surface area contributed by atoms with Crippen molar-refractivity contribution in [3.63, 3.8) is 0 Å². The van der Waals surface area contributed by atoms with Gasteiger partial charge in [-0.2, -0.15) is 0 Å². The number of pyridine rings is 1. The van der Waals surface area contributed by atoms with Gasteiger partial charge in [0.25, 0.3) is 5.56 Å². The number of carbonyl (C=O) groups is 1. The molecule has 0 unspecified atom stereocenters. The van der Waals surface area contributed by atoms with Crippen LogP contribution in [0.4, 0.5) is 10.1 Å². The van der Waals surface area contributed by atoms with Crippen molar-refractivity contribution in [2.45, 2.75) is 6.54 Å². The van der Waals surface area contributed by atoms with Crippen molar-refractivity contribution in [2.24, 2.45) is 0 Å². The van der Waals surface area contributed by atoms with Crippen molar-refractivity contribution in [2.75, 3.05) is 19.0 Å². The Morgan fingerprint density at radius 1 is 1.10 bits per heavy atom. The lowest BCUT2D eigenvalue weighted by Crippen LogP contribution is -2.28. The van der Waals surface area contributed by atoms with E-state index in [1.165, 1.54) is 22.8 Å². The first-order chi connectivity index (χ1) is 13.8. The molecule has 0 atom stereocenters. The number of nitrogens with zero attached hydrogens (tertiary/aromatic N) is 2. The van der Waals surface area contributed by atoms with Gasteiger partial charge >= 0.3 is 5.97 Å². The van der Waals surface area contributed by atoms with Gasteiger partial charge in [-0.15, -0.1) is 6.58 Å². The second-order valence-corrected chi connectivity index (χ2v) is 6.78. The first-order valence-corrected chi connectivity index (χ1v) is 8.99. The van der Waals surface area contributed by atoms with E-state index in [0.717, 1.165) is 11.3 Å². The number of carboxylic acids is 1. The Kier molecular flexibility index (Phi) is 5.64. The van der Waals surface area contributed by atoms with Gasteiger partial charge in [0, 0.05) is 31.9 Å². The number of benzene rings is 2. The van der Waals surface area contributed by atoms with Crippen LogP contribution in [-0.4, -0.2) is 29.7 Å². The summed E-state index contributed by atoms with van der Waals surface area (Å²) in [5, 5.41) is 9.53. The lowest BCUT2D eigenvalue weighted by atomic mass is 9.96. The van der Waals surface area contributed by atoms with E-state index >= 15 is 0 Å². The van der Waals surface area contributed by atoms with Gasteiger partial charge in [0.2, 0.25) is 0 Å². The number of anilines is 1. The lowest BCUT2D eigenvalue weighted by molar-refractivity contribution is 0.0694. The molecular weight excluding hydrogens is 371 g/mol. The standard InChI is InChI=1S/C23H21FN2O3/c1-4-13-26-21(16-7-11-18(12-8-16)25(2)3)19(14-20(22(26)27)23(28)29)15-5-9-17(24)10-6-15/h4-12,14H,1,13H2,2-3H3,(H,28,29). The summed E-state index contributed by atoms with van der Waals surface area (Å²) >= 11 is 0. The molecule has 6 heteroatoms. The van der Waals surface area contributed by atoms with Gasteiger partial charge in [0.1, 0.15) is 11.4 Å². The molecule has 29 heavy (non-hydrogen) atoms. The van der Waals surface area contributed by atoms with E-state index in [1.54, 1.807) is 18.2 Å². The maximum atomic E-state index is 13.5. The van der Waals surface area contributed by atoms with Crippen LogP contribution in [0.2, 0.25) is 0 Å². The van der Waals surface area contributed by atoms with Crippen LogP contribution in [0.5, 0.6) is 0 Å². The molecule has 2 aromatic carbocycles. The van der Waals surface area contributed by atoms with Gasteiger partial charge in [-0.25, -0.2) is 9.18 Å². The van der Waals surface area contributed by atoms with Gasteiger partial charge in [0.05, 0.1) is 5.69 Å². The van der Waals surface area contributed by atoms with E-state index in [4.69, 9.17) is 0 Å². The molecule has 3 rings (SSSR count). The highest BCUT2D eigenvalue weighted by Crippen LogP contribution is 2.33. The van der Waals surface area contributed by atoms with E-state index in [1.807, 2.05) is 43.3 Å². The summed E-state index contributed by atoms with van der Waals surface area (Å²) in [5.41, 5.74) is 2.45. The highest BCUT2D eigenvalue weighted by molar-refractivity contribution is 5.92. The van der Waals surface area contributed by atoms with Gasteiger partial charge < -0.3 is 14.6 Å². The summed E-state index contributed by atoms with van der Waals surface area (Å²) in [6.07, 6.45) is 1.54. The van der Waals surface area contributed by atoms with Gasteiger partial charge in [-0.1, -0.05) is 30.3 Å². The van der Waals surface area contributed by atoms with Crippen molar-refractivity contribution in [3.8, 4) is 22.4 Å². The highest BCUT2D eigenvalue weighted by Gasteiger charge is 2.20. The molecule has 1 N–H and O–H groups in total. The number of carboxylic acid groups (broad SMARTS) is 1. The molecule has 0 fully saturated rings. The number of aromatic carboxylic acids is 1. The van der Waals surface area contributed by atoms with E-state index in [-0.39, 0.29) is 12.1 Å². The summed E-state index contributed by atoms with van der Waals surface area (Å²) < 4.78 is 14.8. The van der Waals surface area contributed by atoms with Crippen LogP contribution >= 0.6 is 0 Å². The molecule has 0 bridgehead atoms. The number of hydrogen-bond acceptors (Lipinski definition) is 3. The monoisotopic (exact) mass is 392 g/mol. The van der Waals surface area contributed by atoms with Gasteiger partial charge in [-0.3, -0.25) is 4.79 Å². The van der Waals surface area contributed by atoms with Crippen molar-refractivity contribution in [1.29, 1.82) is 0 Å². The minimum atomic E-state index is -1.31. The highest BCUT2D eigenvalue weighted by atomic mass is 19.1. The molecule has 0 aliphatic carbocycles. The zero-order valence-electron chi connectivity index (χ0n) is 16.2. The maximum Gasteiger partial charge on any atom is 0.341 e. The van der Waals surface area contributed by atoms with Crippen LogP contribution in [0.25, 0.3) is 22.4 Å². The van der Waals surface area contributed by atoms with Crippen molar-refractivity contribution >= 4 is 11.7 Å². The Bertz CT molecular complexity index is 1110. The van der Waals surface area contributed by atoms with Crippen LogP contribution < -0.4 is 10.5 Å². The van der Waals surface area contributed by atoms with E-state index in [9.17, 15) is 19.1 Å². The minimum Gasteiger partial charge on any atom is -0.477 e. The molecule has 3 aromatic rings. The predicted molar refractivity (Wildman–Crippen MR) is 113 cm³/mol. The van der Waals surface area contributed by atoms with E-state index in [0.29, 0.717) is 16.8 Å².